The van der Waals surface area contributed by atoms with Gasteiger partial charge in [-0.3, -0.25) is 10.2 Å². The van der Waals surface area contributed by atoms with Crippen molar-refractivity contribution in [2.75, 3.05) is 47.2 Å². The number of nitrogens with zero attached hydrogens (tertiary/aromatic N) is 30. The van der Waals surface area contributed by atoms with Gasteiger partial charge in [-0.25, -0.2) is 116 Å². The lowest BCUT2D eigenvalue weighted by molar-refractivity contribution is 0.411. The number of H-pyrrole nitrogens is 2. The quantitative estimate of drug-likeness (QED) is 0.0672. The van der Waals surface area contributed by atoms with E-state index in [2.05, 4.69) is 145 Å². The lowest BCUT2D eigenvalue weighted by Crippen LogP contribution is -1.95. The number of nitrogens with two attached hydrogens (primary N) is 7. The number of hydrogen-bond donors (Lipinski definition) is 12. The van der Waals surface area contributed by atoms with E-state index in [0.717, 1.165) is 89.1 Å². The molecule has 19 N–H and O–H groups in total. The second kappa shape index (κ2) is 43.5. The second-order valence-electron chi connectivity index (χ2n) is 30.1. The monoisotopic (exact) mass is 1950 g/mol. The zero-order chi connectivity index (χ0) is 95.1. The number of nitrogens with one attached hydrogen (secondary N) is 2. The van der Waals surface area contributed by atoms with Gasteiger partial charge >= 0.3 is 0 Å². The van der Waals surface area contributed by atoms with Crippen LogP contribution in [-0.4, -0.2) is 181 Å². The summed E-state index contributed by atoms with van der Waals surface area (Å²) < 4.78 is 56.9. The van der Waals surface area contributed by atoms with Crippen LogP contribution in [0.3, 0.4) is 0 Å². The summed E-state index contributed by atoms with van der Waals surface area (Å²) in [6.07, 6.45) is 13.4. The Hall–Kier alpha value is -18.8. The maximum atomic E-state index is 13.6. The third-order valence-corrected chi connectivity index (χ3v) is 21.4. The van der Waals surface area contributed by atoms with E-state index in [1.54, 1.807) is 92.9 Å². The number of benzene rings is 7. The molecule has 0 spiro atoms. The molecule has 0 aliphatic rings. The van der Waals surface area contributed by atoms with Gasteiger partial charge in [0.15, 0.2) is 51.1 Å². The normalized spacial score (nSPS) is 10.6. The highest BCUT2D eigenvalue weighted by atomic mass is 35.5. The molecule has 43 nitrogen and oxygen atoms in total. The van der Waals surface area contributed by atoms with Crippen molar-refractivity contribution in [3.63, 3.8) is 0 Å². The standard InChI is InChI=1S/C13H12FN5O.2C13H11N7.C13H13N5.C12H10ClN5O.2C12H10FN5O.7CH4/c1-19-13-10(12(15)16-6-17-13)11(18-19)7-3-8(14)5-9(4-7)20-2;1-20-13-10(12(14)15-6-16-13)11(19-20)7-2-3-8-5-17-18-9(8)4-7;1-20-13-10(12(14)15-6-16-13)11(19-20)7-3-2-4-9-8(7)5-17-18-9;1-8-4-3-5-9(6-8)11-10-12(14)15-7-16-13(10)18(2)17-11;2*1-18-12-9(11(14)15-5-16-12)10(17-18)6-2-7(13)4-8(19)3-6;1-18-12-9(11(14)15-5-16-12)10(17-18)6-2-3-8(19)7(13)4-6;;;;;;;/h3-6H,1-2H3,(H2,15,16,17);2*2-6H,1H3,(H,17,18)(H2,14,15,16);3-7H,1-2H3,(H2,14,15,16);3*2-5,19H,1H3,(H2,14,15,16);7*1H4. The molecule has 0 amide bonds. The molecule has 0 saturated heterocycles. The van der Waals surface area contributed by atoms with E-state index in [0.29, 0.717) is 135 Å². The van der Waals surface area contributed by atoms with E-state index in [4.69, 9.17) is 56.5 Å². The molecule has 0 fully saturated rings. The summed E-state index contributed by atoms with van der Waals surface area (Å²) in [6.45, 7) is 2.05. The van der Waals surface area contributed by atoms with Crippen LogP contribution < -0.4 is 44.9 Å². The number of hydrogen-bond acceptors (Lipinski definition) is 34. The number of ether oxygens (including phenoxy) is 1. The molecule has 0 unspecified atom stereocenters. The molecular formula is C95H105ClF3N39O4. The summed E-state index contributed by atoms with van der Waals surface area (Å²) in [5.74, 6) is 0.728. The average molecular weight is 1950 g/mol. The van der Waals surface area contributed by atoms with Crippen LogP contribution in [0.2, 0.25) is 5.02 Å². The zero-order valence-corrected chi connectivity index (χ0v) is 73.4. The van der Waals surface area contributed by atoms with Crippen molar-refractivity contribution in [1.82, 2.24) is 159 Å². The van der Waals surface area contributed by atoms with E-state index in [1.165, 1.54) is 104 Å². The fourth-order valence-corrected chi connectivity index (χ4v) is 15.3. The molecule has 23 rings (SSSR count). The van der Waals surface area contributed by atoms with Gasteiger partial charge in [-0.15, -0.1) is 0 Å². The molecule has 0 atom stereocenters. The summed E-state index contributed by atoms with van der Waals surface area (Å²) in [5, 5.41) is 80.3. The van der Waals surface area contributed by atoms with E-state index >= 15 is 0 Å². The maximum absolute atomic E-state index is 13.6. The number of aromatic hydroxyl groups is 3. The van der Waals surface area contributed by atoms with Crippen LogP contribution in [0.4, 0.5) is 53.9 Å². The molecule has 0 aliphatic heterocycles. The number of phenols is 3. The average Bonchev–Trinajstić information content (AvgIpc) is 1.59. The third kappa shape index (κ3) is 20.7. The summed E-state index contributed by atoms with van der Waals surface area (Å²) in [4.78, 5) is 57.1. The van der Waals surface area contributed by atoms with Crippen molar-refractivity contribution in [1.29, 1.82) is 0 Å². The molecular weight excluding hydrogens is 1840 g/mol. The Morgan fingerprint density at radius 2 is 0.655 bits per heavy atom. The Labute approximate surface area is 814 Å². The van der Waals surface area contributed by atoms with Gasteiger partial charge in [0.25, 0.3) is 0 Å². The van der Waals surface area contributed by atoms with Gasteiger partial charge in [-0.05, 0) is 85.8 Å². The maximum Gasteiger partial charge on any atom is 0.165 e. The van der Waals surface area contributed by atoms with E-state index in [1.807, 2.05) is 69.7 Å². The molecule has 0 aliphatic carbocycles. The predicted molar refractivity (Wildman–Crippen MR) is 551 cm³/mol. The number of anilines is 7. The van der Waals surface area contributed by atoms with Crippen LogP contribution in [0.1, 0.15) is 57.6 Å². The zero-order valence-electron chi connectivity index (χ0n) is 72.6. The lowest BCUT2D eigenvalue weighted by Gasteiger charge is -2.04. The number of halogens is 4. The molecule has 16 heterocycles. The van der Waals surface area contributed by atoms with E-state index in [9.17, 15) is 28.5 Å². The lowest BCUT2D eigenvalue weighted by atomic mass is 10.1. The van der Waals surface area contributed by atoms with Crippen LogP contribution in [-0.2, 0) is 49.3 Å². The summed E-state index contributed by atoms with van der Waals surface area (Å²) in [7, 11) is 13.9. The highest BCUT2D eigenvalue weighted by Crippen LogP contribution is 2.40. The van der Waals surface area contributed by atoms with Gasteiger partial charge in [0.1, 0.15) is 154 Å². The van der Waals surface area contributed by atoms with Crippen molar-refractivity contribution in [3.05, 3.63) is 218 Å². The van der Waals surface area contributed by atoms with E-state index in [-0.39, 0.29) is 75.1 Å². The molecule has 23 aromatic rings. The summed E-state index contributed by atoms with van der Waals surface area (Å²) in [5.41, 5.74) is 58.5. The molecule has 0 saturated carbocycles. The topological polar surface area (TPSA) is 615 Å². The minimum Gasteiger partial charge on any atom is -0.508 e. The fraction of sp³-hybridized carbons (Fsp3) is 0.168. The van der Waals surface area contributed by atoms with Gasteiger partial charge in [-0.1, -0.05) is 112 Å². The number of aromatic nitrogens is 32. The number of aryl methyl sites for hydroxylation is 8. The number of phenolic OH excluding ortho intramolecular Hbond substituents is 3. The van der Waals surface area contributed by atoms with Gasteiger partial charge in [0.05, 0.1) is 68.2 Å². The Balaban J connectivity index is 0.000000169. The smallest absolute Gasteiger partial charge is 0.165 e. The van der Waals surface area contributed by atoms with Crippen molar-refractivity contribution in [3.8, 4) is 102 Å². The van der Waals surface area contributed by atoms with Crippen molar-refractivity contribution >= 4 is 151 Å². The Bertz CT molecular complexity index is 8320. The van der Waals surface area contributed by atoms with Crippen LogP contribution in [0, 0.1) is 24.4 Å². The molecule has 732 valence electrons. The predicted octanol–water partition coefficient (Wildman–Crippen LogP) is 16.0. The van der Waals surface area contributed by atoms with E-state index < -0.39 is 23.2 Å². The highest BCUT2D eigenvalue weighted by Gasteiger charge is 2.25. The van der Waals surface area contributed by atoms with Crippen LogP contribution in [0.15, 0.2) is 190 Å². The number of rotatable bonds is 8. The highest BCUT2D eigenvalue weighted by molar-refractivity contribution is 6.31. The van der Waals surface area contributed by atoms with Crippen molar-refractivity contribution in [2.45, 2.75) is 58.9 Å². The Morgan fingerprint density at radius 1 is 0.324 bits per heavy atom. The first kappa shape index (κ1) is 105. The van der Waals surface area contributed by atoms with Gasteiger partial charge in [-0.2, -0.15) is 45.9 Å². The Morgan fingerprint density at radius 3 is 1.04 bits per heavy atom. The van der Waals surface area contributed by atoms with Crippen molar-refractivity contribution in [2.24, 2.45) is 49.3 Å². The SMILES string of the molecule is C.C.C.C.C.C.C.COc1cc(F)cc(-c2nn(C)c3ncnc(N)c23)c1.Cc1cccc(-c2nn(C)c3ncnc(N)c23)c1.Cn1nc(-c2cc(O)cc(Cl)c2)c2c(N)ncnc21.Cn1nc(-c2cc(O)cc(F)c2)c2c(N)ncnc21.Cn1nc(-c2ccc(O)c(F)c2)c2c(N)ncnc21.Cn1nc(-c2ccc3cn[nH]c3c2)c2c(N)ncnc21.Cn1nc(-c2cccc3[nH]ncc23)c2c(N)ncnc21. The number of aromatic amines is 2. The summed E-state index contributed by atoms with van der Waals surface area (Å²) in [6, 6.07) is 36.9. The number of nitrogen functional groups attached to an aromatic ring is 7. The minimum atomic E-state index is -0.716. The number of methoxy groups -OCH3 is 1. The van der Waals surface area contributed by atoms with Crippen LogP contribution >= 0.6 is 11.6 Å². The minimum absolute atomic E-state index is 0. The molecule has 47 heteroatoms. The molecule has 0 bridgehead atoms. The Kier molecular flexibility index (Phi) is 32.2. The fourth-order valence-electron chi connectivity index (χ4n) is 15.1. The summed E-state index contributed by atoms with van der Waals surface area (Å²) >= 11 is 5.94. The van der Waals surface area contributed by atoms with Gasteiger partial charge < -0.3 is 60.2 Å². The second-order valence-corrected chi connectivity index (χ2v) is 30.6. The molecule has 7 aromatic carbocycles. The molecule has 0 radical (unpaired) electrons. The van der Waals surface area contributed by atoms with Gasteiger partial charge in [0, 0.05) is 116 Å². The molecule has 16 aromatic heterocycles. The van der Waals surface area contributed by atoms with Crippen LogP contribution in [0.25, 0.3) is 178 Å². The first-order valence-corrected chi connectivity index (χ1v) is 40.6. The largest absolute Gasteiger partial charge is 0.508 e. The van der Waals surface area contributed by atoms with Crippen LogP contribution in [0.5, 0.6) is 23.0 Å². The number of fused-ring (bicyclic) bond motifs is 9. The van der Waals surface area contributed by atoms with Crippen molar-refractivity contribution < 1.29 is 33.2 Å². The first-order valence-electron chi connectivity index (χ1n) is 40.2. The van der Waals surface area contributed by atoms with Gasteiger partial charge in [0.2, 0.25) is 0 Å². The molecule has 142 heavy (non-hydrogen) atoms. The first-order chi connectivity index (χ1) is 64.9. The third-order valence-electron chi connectivity index (χ3n) is 21.2.